The first-order chi connectivity index (χ1) is 13.3. The number of aromatic amines is 1. The molecule has 1 aliphatic heterocycles. The van der Waals surface area contributed by atoms with Gasteiger partial charge in [-0.05, 0) is 53.0 Å². The summed E-state index contributed by atoms with van der Waals surface area (Å²) in [5, 5.41) is 14.2. The average molecular weight is 379 g/mol. The minimum Gasteiger partial charge on any atom is -0.392 e. The lowest BCUT2D eigenvalue weighted by Crippen LogP contribution is -2.33. The predicted octanol–water partition coefficient (Wildman–Crippen LogP) is 4.73. The summed E-state index contributed by atoms with van der Waals surface area (Å²) in [4.78, 5) is 3.34. The van der Waals surface area contributed by atoms with Crippen LogP contribution in [0.15, 0.2) is 60.8 Å². The van der Waals surface area contributed by atoms with E-state index in [0.717, 1.165) is 35.6 Å². The molecule has 2 heterocycles. The summed E-state index contributed by atoms with van der Waals surface area (Å²) in [6.45, 7) is 1.06. The quantitative estimate of drug-likeness (QED) is 0.521. The standard InChI is InChI=1S/C23H26N2OS/c26-15-17-6-7-23-22(12-17)20(14-25-23)16-27-11-9-21-13-19(8-10-24-21)18-4-2-1-3-5-18/h1-8,12,14,21,24-26H,9-11,13,15-16H2. The molecule has 3 nitrogen and oxygen atoms in total. The van der Waals surface area contributed by atoms with Crippen molar-refractivity contribution >= 4 is 28.2 Å². The molecule has 1 aromatic heterocycles. The number of benzene rings is 2. The Balaban J connectivity index is 1.29. The van der Waals surface area contributed by atoms with E-state index in [0.29, 0.717) is 6.04 Å². The number of hydrogen-bond acceptors (Lipinski definition) is 3. The molecular formula is C23H26N2OS. The van der Waals surface area contributed by atoms with Gasteiger partial charge in [0.1, 0.15) is 0 Å². The molecule has 3 aromatic rings. The normalized spacial score (nSPS) is 17.2. The summed E-state index contributed by atoms with van der Waals surface area (Å²) in [5.74, 6) is 2.15. The Labute approximate surface area is 164 Å². The van der Waals surface area contributed by atoms with Gasteiger partial charge in [0.25, 0.3) is 0 Å². The van der Waals surface area contributed by atoms with Crippen molar-refractivity contribution in [2.24, 2.45) is 0 Å². The molecule has 2 aromatic carbocycles. The van der Waals surface area contributed by atoms with Crippen LogP contribution in [0.4, 0.5) is 0 Å². The Morgan fingerprint density at radius 1 is 1.11 bits per heavy atom. The zero-order chi connectivity index (χ0) is 18.5. The van der Waals surface area contributed by atoms with Crippen LogP contribution < -0.4 is 5.32 Å². The van der Waals surface area contributed by atoms with Crippen molar-refractivity contribution in [2.45, 2.75) is 31.2 Å². The summed E-state index contributed by atoms with van der Waals surface area (Å²) in [7, 11) is 0. The van der Waals surface area contributed by atoms with Crippen LogP contribution in [-0.2, 0) is 12.4 Å². The average Bonchev–Trinajstić information content (AvgIpc) is 3.14. The highest BCUT2D eigenvalue weighted by Gasteiger charge is 2.15. The molecule has 1 aliphatic rings. The van der Waals surface area contributed by atoms with E-state index in [4.69, 9.17) is 0 Å². The molecule has 0 amide bonds. The Morgan fingerprint density at radius 2 is 2.00 bits per heavy atom. The van der Waals surface area contributed by atoms with Crippen LogP contribution in [0, 0.1) is 0 Å². The molecule has 0 radical (unpaired) electrons. The van der Waals surface area contributed by atoms with Gasteiger partial charge in [-0.25, -0.2) is 0 Å². The fourth-order valence-electron chi connectivity index (χ4n) is 3.71. The summed E-state index contributed by atoms with van der Waals surface area (Å²) in [6.07, 6.45) is 6.72. The van der Waals surface area contributed by atoms with E-state index in [1.807, 2.05) is 17.8 Å². The second kappa shape index (κ2) is 8.79. The molecule has 0 aliphatic carbocycles. The van der Waals surface area contributed by atoms with E-state index in [1.165, 1.54) is 28.5 Å². The van der Waals surface area contributed by atoms with Crippen LogP contribution in [0.25, 0.3) is 16.5 Å². The lowest BCUT2D eigenvalue weighted by Gasteiger charge is -2.24. The Kier molecular flexibility index (Phi) is 5.97. The van der Waals surface area contributed by atoms with Gasteiger partial charge in [0.15, 0.2) is 0 Å². The molecule has 1 unspecified atom stereocenters. The molecule has 4 rings (SSSR count). The first-order valence-electron chi connectivity index (χ1n) is 9.59. The van der Waals surface area contributed by atoms with Crippen LogP contribution in [0.1, 0.15) is 29.5 Å². The van der Waals surface area contributed by atoms with Gasteiger partial charge in [0.05, 0.1) is 6.61 Å². The summed E-state index contributed by atoms with van der Waals surface area (Å²) >= 11 is 1.99. The van der Waals surface area contributed by atoms with E-state index in [1.54, 1.807) is 0 Å². The highest BCUT2D eigenvalue weighted by atomic mass is 32.2. The number of thioether (sulfide) groups is 1. The smallest absolute Gasteiger partial charge is 0.0682 e. The van der Waals surface area contributed by atoms with E-state index in [-0.39, 0.29) is 6.61 Å². The molecule has 0 spiro atoms. The molecule has 1 atom stereocenters. The fraction of sp³-hybridized carbons (Fsp3) is 0.304. The van der Waals surface area contributed by atoms with E-state index in [9.17, 15) is 5.11 Å². The third-order valence-electron chi connectivity index (χ3n) is 5.25. The van der Waals surface area contributed by atoms with Crippen molar-refractivity contribution in [3.8, 4) is 0 Å². The van der Waals surface area contributed by atoms with E-state index >= 15 is 0 Å². The molecule has 27 heavy (non-hydrogen) atoms. The third-order valence-corrected chi connectivity index (χ3v) is 6.29. The number of rotatable bonds is 7. The number of hydrogen-bond donors (Lipinski definition) is 3. The number of H-pyrrole nitrogens is 1. The minimum atomic E-state index is 0.0956. The van der Waals surface area contributed by atoms with Crippen LogP contribution in [0.5, 0.6) is 0 Å². The van der Waals surface area contributed by atoms with Gasteiger partial charge < -0.3 is 15.4 Å². The Morgan fingerprint density at radius 3 is 2.85 bits per heavy atom. The zero-order valence-corrected chi connectivity index (χ0v) is 16.3. The number of nitrogens with one attached hydrogen (secondary N) is 2. The van der Waals surface area contributed by atoms with E-state index in [2.05, 4.69) is 65.0 Å². The summed E-state index contributed by atoms with van der Waals surface area (Å²) < 4.78 is 0. The molecule has 0 fully saturated rings. The van der Waals surface area contributed by atoms with Gasteiger partial charge in [0.2, 0.25) is 0 Å². The topological polar surface area (TPSA) is 48.0 Å². The maximum atomic E-state index is 9.36. The molecule has 0 saturated heterocycles. The van der Waals surface area contributed by atoms with Crippen LogP contribution in [0.2, 0.25) is 0 Å². The second-order valence-corrected chi connectivity index (χ2v) is 8.20. The molecule has 3 N–H and O–H groups in total. The maximum absolute atomic E-state index is 9.36. The largest absolute Gasteiger partial charge is 0.392 e. The first kappa shape index (κ1) is 18.4. The van der Waals surface area contributed by atoms with Crippen LogP contribution in [0.3, 0.4) is 0 Å². The summed E-state index contributed by atoms with van der Waals surface area (Å²) in [5.41, 5.74) is 6.27. The highest BCUT2D eigenvalue weighted by Crippen LogP contribution is 2.27. The monoisotopic (exact) mass is 378 g/mol. The molecular weight excluding hydrogens is 352 g/mol. The number of aromatic nitrogens is 1. The van der Waals surface area contributed by atoms with Crippen molar-refractivity contribution in [1.82, 2.24) is 10.3 Å². The fourth-order valence-corrected chi connectivity index (χ4v) is 4.77. The van der Waals surface area contributed by atoms with Gasteiger partial charge in [-0.3, -0.25) is 0 Å². The van der Waals surface area contributed by atoms with Crippen molar-refractivity contribution in [1.29, 1.82) is 0 Å². The van der Waals surface area contributed by atoms with Gasteiger partial charge in [-0.2, -0.15) is 11.8 Å². The Hall–Kier alpha value is -2.01. The van der Waals surface area contributed by atoms with Crippen LogP contribution in [-0.4, -0.2) is 28.4 Å². The van der Waals surface area contributed by atoms with Crippen molar-refractivity contribution in [2.75, 3.05) is 12.3 Å². The SMILES string of the molecule is OCc1ccc2[nH]cc(CSCCC3CC(c4ccccc4)=CCN3)c2c1. The van der Waals surface area contributed by atoms with Crippen molar-refractivity contribution < 1.29 is 5.11 Å². The lowest BCUT2D eigenvalue weighted by atomic mass is 9.94. The number of aliphatic hydroxyl groups is 1. The maximum Gasteiger partial charge on any atom is 0.0682 e. The van der Waals surface area contributed by atoms with Crippen LogP contribution >= 0.6 is 11.8 Å². The predicted molar refractivity (Wildman–Crippen MR) is 116 cm³/mol. The lowest BCUT2D eigenvalue weighted by molar-refractivity contribution is 0.282. The third kappa shape index (κ3) is 4.46. The first-order valence-corrected chi connectivity index (χ1v) is 10.7. The van der Waals surface area contributed by atoms with Gasteiger partial charge in [-0.1, -0.05) is 42.5 Å². The summed E-state index contributed by atoms with van der Waals surface area (Å²) in [6, 6.07) is 17.4. The number of fused-ring (bicyclic) bond motifs is 1. The Bertz CT molecular complexity index is 917. The van der Waals surface area contributed by atoms with Gasteiger partial charge in [0, 0.05) is 35.4 Å². The zero-order valence-electron chi connectivity index (χ0n) is 15.4. The highest BCUT2D eigenvalue weighted by molar-refractivity contribution is 7.98. The van der Waals surface area contributed by atoms with Crippen molar-refractivity contribution in [3.63, 3.8) is 0 Å². The second-order valence-electron chi connectivity index (χ2n) is 7.10. The molecule has 4 heteroatoms. The van der Waals surface area contributed by atoms with Gasteiger partial charge >= 0.3 is 0 Å². The van der Waals surface area contributed by atoms with Crippen molar-refractivity contribution in [3.05, 3.63) is 77.5 Å². The molecule has 0 bridgehead atoms. The van der Waals surface area contributed by atoms with Gasteiger partial charge in [-0.15, -0.1) is 0 Å². The molecule has 0 saturated carbocycles. The minimum absolute atomic E-state index is 0.0956. The molecule has 140 valence electrons. The van der Waals surface area contributed by atoms with E-state index < -0.39 is 0 Å². The number of aliphatic hydroxyl groups excluding tert-OH is 1.